The van der Waals surface area contributed by atoms with Gasteiger partial charge in [-0.2, -0.15) is 0 Å². The first-order chi connectivity index (χ1) is 14.8. The largest absolute Gasteiger partial charge is 0.335 e. The van der Waals surface area contributed by atoms with Crippen molar-refractivity contribution in [1.82, 2.24) is 9.55 Å². The summed E-state index contributed by atoms with van der Waals surface area (Å²) in [4.78, 5) is 5.05. The fourth-order valence-corrected chi connectivity index (χ4v) is 4.27. The highest BCUT2D eigenvalue weighted by atomic mass is 15.1. The Bertz CT molecular complexity index is 644. The fourth-order valence-electron chi connectivity index (χ4n) is 4.27. The molecule has 0 atom stereocenters. The molecule has 0 aliphatic heterocycles. The average molecular weight is 411 g/mol. The molecule has 0 saturated carbocycles. The molecule has 1 heterocycles. The van der Waals surface area contributed by atoms with Crippen molar-refractivity contribution in [3.05, 3.63) is 53.6 Å². The number of unbranched alkanes of at least 4 members (excludes halogenated alkanes) is 10. The lowest BCUT2D eigenvalue weighted by Gasteiger charge is -2.07. The molecule has 1 aromatic heterocycles. The number of imidazole rings is 1. The molecule has 2 aromatic rings. The third kappa shape index (κ3) is 10.5. The molecule has 0 bridgehead atoms. The van der Waals surface area contributed by atoms with Crippen molar-refractivity contribution in [1.29, 1.82) is 0 Å². The molecule has 2 heteroatoms. The summed E-state index contributed by atoms with van der Waals surface area (Å²) in [5.74, 6) is 1.34. The van der Waals surface area contributed by atoms with Gasteiger partial charge in [0.2, 0.25) is 0 Å². The number of aromatic nitrogens is 2. The highest BCUT2D eigenvalue weighted by Crippen LogP contribution is 2.15. The summed E-state index contributed by atoms with van der Waals surface area (Å²) in [6.45, 7) is 5.72. The van der Waals surface area contributed by atoms with Crippen LogP contribution in [-0.4, -0.2) is 9.55 Å². The summed E-state index contributed by atoms with van der Waals surface area (Å²) in [5.41, 5.74) is 2.74. The van der Waals surface area contributed by atoms with Crippen LogP contribution in [0.4, 0.5) is 0 Å². The van der Waals surface area contributed by atoms with Crippen LogP contribution in [0.3, 0.4) is 0 Å². The van der Waals surface area contributed by atoms with Gasteiger partial charge in [-0.1, -0.05) is 108 Å². The molecular weight excluding hydrogens is 364 g/mol. The van der Waals surface area contributed by atoms with Gasteiger partial charge in [-0.15, -0.1) is 0 Å². The Labute approximate surface area is 186 Å². The standard InChI is InChI=1S/C28H46N2/c1-3-5-7-8-9-10-11-12-16-23-28-29-27(25-30(28)24-17-6-4-2)22-18-21-26-19-14-13-15-20-26/h13-15,19-20,25H,3-12,16-18,21-24H2,1-2H3. The molecule has 30 heavy (non-hydrogen) atoms. The zero-order chi connectivity index (χ0) is 21.3. The van der Waals surface area contributed by atoms with E-state index in [2.05, 4.69) is 54.9 Å². The van der Waals surface area contributed by atoms with Crippen LogP contribution in [0.25, 0.3) is 0 Å². The highest BCUT2D eigenvalue weighted by Gasteiger charge is 2.08. The maximum atomic E-state index is 5.05. The van der Waals surface area contributed by atoms with E-state index in [9.17, 15) is 0 Å². The molecule has 2 nitrogen and oxygen atoms in total. The van der Waals surface area contributed by atoms with Crippen molar-refractivity contribution < 1.29 is 0 Å². The van der Waals surface area contributed by atoms with Crippen LogP contribution in [0.5, 0.6) is 0 Å². The molecule has 0 aliphatic carbocycles. The first kappa shape index (κ1) is 24.7. The minimum absolute atomic E-state index is 1.10. The van der Waals surface area contributed by atoms with Crippen LogP contribution >= 0.6 is 0 Å². The number of benzene rings is 1. The first-order valence-corrected chi connectivity index (χ1v) is 12.9. The van der Waals surface area contributed by atoms with Crippen LogP contribution in [-0.2, 0) is 25.8 Å². The lowest BCUT2D eigenvalue weighted by Crippen LogP contribution is -2.03. The van der Waals surface area contributed by atoms with E-state index in [1.807, 2.05) is 0 Å². The van der Waals surface area contributed by atoms with Gasteiger partial charge in [0.1, 0.15) is 5.82 Å². The van der Waals surface area contributed by atoms with Crippen molar-refractivity contribution in [2.45, 2.75) is 123 Å². The quantitative estimate of drug-likeness (QED) is 0.226. The van der Waals surface area contributed by atoms with Crippen LogP contribution in [0, 0.1) is 0 Å². The van der Waals surface area contributed by atoms with Crippen LogP contribution < -0.4 is 0 Å². The second kappa shape index (κ2) is 16.2. The van der Waals surface area contributed by atoms with Crippen molar-refractivity contribution >= 4 is 0 Å². The minimum Gasteiger partial charge on any atom is -0.335 e. The van der Waals surface area contributed by atoms with Crippen LogP contribution in [0.2, 0.25) is 0 Å². The summed E-state index contributed by atoms with van der Waals surface area (Å²) in [6.07, 6.45) is 23.3. The third-order valence-electron chi connectivity index (χ3n) is 6.16. The summed E-state index contributed by atoms with van der Waals surface area (Å²) >= 11 is 0. The van der Waals surface area contributed by atoms with Crippen molar-refractivity contribution in [3.63, 3.8) is 0 Å². The van der Waals surface area contributed by atoms with Crippen LogP contribution in [0.15, 0.2) is 36.5 Å². The topological polar surface area (TPSA) is 17.8 Å². The zero-order valence-electron chi connectivity index (χ0n) is 19.9. The highest BCUT2D eigenvalue weighted by molar-refractivity contribution is 5.15. The third-order valence-corrected chi connectivity index (χ3v) is 6.16. The number of hydrogen-bond donors (Lipinski definition) is 0. The van der Waals surface area contributed by atoms with E-state index in [0.29, 0.717) is 0 Å². The molecule has 0 unspecified atom stereocenters. The van der Waals surface area contributed by atoms with E-state index in [1.165, 1.54) is 101 Å². The molecule has 0 spiro atoms. The van der Waals surface area contributed by atoms with Crippen molar-refractivity contribution in [2.24, 2.45) is 0 Å². The average Bonchev–Trinajstić information content (AvgIpc) is 3.15. The zero-order valence-corrected chi connectivity index (χ0v) is 19.9. The van der Waals surface area contributed by atoms with Crippen molar-refractivity contribution in [3.8, 4) is 0 Å². The second-order valence-corrected chi connectivity index (χ2v) is 8.97. The SMILES string of the molecule is CCCCCCCCCCCc1nc(CCCc2ccccc2)cn1CCCCC. The Morgan fingerprint density at radius 1 is 0.633 bits per heavy atom. The van der Waals surface area contributed by atoms with Gasteiger partial charge in [-0.3, -0.25) is 0 Å². The van der Waals surface area contributed by atoms with E-state index >= 15 is 0 Å². The van der Waals surface area contributed by atoms with E-state index in [4.69, 9.17) is 4.98 Å². The maximum Gasteiger partial charge on any atom is 0.108 e. The molecule has 0 amide bonds. The molecule has 2 rings (SSSR count). The molecular formula is C28H46N2. The smallest absolute Gasteiger partial charge is 0.108 e. The Balaban J connectivity index is 1.73. The van der Waals surface area contributed by atoms with Gasteiger partial charge in [0, 0.05) is 19.2 Å². The Morgan fingerprint density at radius 2 is 1.27 bits per heavy atom. The molecule has 0 fully saturated rings. The lowest BCUT2D eigenvalue weighted by molar-refractivity contribution is 0.545. The predicted octanol–water partition coefficient (Wildman–Crippen LogP) is 8.32. The maximum absolute atomic E-state index is 5.05. The first-order valence-electron chi connectivity index (χ1n) is 12.9. The van der Waals surface area contributed by atoms with Crippen molar-refractivity contribution in [2.75, 3.05) is 0 Å². The monoisotopic (exact) mass is 410 g/mol. The van der Waals surface area contributed by atoms with Gasteiger partial charge in [0.05, 0.1) is 5.69 Å². The second-order valence-electron chi connectivity index (χ2n) is 8.97. The molecule has 168 valence electrons. The van der Waals surface area contributed by atoms with Gasteiger partial charge in [0.25, 0.3) is 0 Å². The number of rotatable bonds is 18. The van der Waals surface area contributed by atoms with Gasteiger partial charge >= 0.3 is 0 Å². The molecule has 0 radical (unpaired) electrons. The summed E-state index contributed by atoms with van der Waals surface area (Å²) in [5, 5.41) is 0. The Kier molecular flexibility index (Phi) is 13.3. The molecule has 0 saturated heterocycles. The normalized spacial score (nSPS) is 11.3. The van der Waals surface area contributed by atoms with E-state index < -0.39 is 0 Å². The fraction of sp³-hybridized carbons (Fsp3) is 0.679. The molecule has 0 aliphatic rings. The lowest BCUT2D eigenvalue weighted by atomic mass is 10.1. The number of aryl methyl sites for hydroxylation is 4. The minimum atomic E-state index is 1.10. The Hall–Kier alpha value is -1.57. The van der Waals surface area contributed by atoms with E-state index in [-0.39, 0.29) is 0 Å². The Morgan fingerprint density at radius 3 is 1.97 bits per heavy atom. The predicted molar refractivity (Wildman–Crippen MR) is 131 cm³/mol. The van der Waals surface area contributed by atoms with Gasteiger partial charge in [-0.25, -0.2) is 4.98 Å². The van der Waals surface area contributed by atoms with Gasteiger partial charge < -0.3 is 4.57 Å². The van der Waals surface area contributed by atoms with E-state index in [0.717, 1.165) is 25.8 Å². The summed E-state index contributed by atoms with van der Waals surface area (Å²) < 4.78 is 2.47. The summed E-state index contributed by atoms with van der Waals surface area (Å²) in [7, 11) is 0. The molecule has 0 N–H and O–H groups in total. The summed E-state index contributed by atoms with van der Waals surface area (Å²) in [6, 6.07) is 10.8. The number of hydrogen-bond acceptors (Lipinski definition) is 1. The van der Waals surface area contributed by atoms with Gasteiger partial charge in [0.15, 0.2) is 0 Å². The van der Waals surface area contributed by atoms with E-state index in [1.54, 1.807) is 0 Å². The van der Waals surface area contributed by atoms with Gasteiger partial charge in [-0.05, 0) is 37.7 Å². The molecule has 1 aromatic carbocycles. The van der Waals surface area contributed by atoms with Crippen LogP contribution in [0.1, 0.15) is 114 Å². The number of nitrogens with zero attached hydrogens (tertiary/aromatic N) is 2.